The topological polar surface area (TPSA) is 110 Å². The van der Waals surface area contributed by atoms with Crippen molar-refractivity contribution >= 4 is 35.2 Å². The molecule has 160 valence electrons. The molecule has 2 aromatic rings. The Hall–Kier alpha value is -3.81. The summed E-state index contributed by atoms with van der Waals surface area (Å²) in [6, 6.07) is 11.5. The predicted molar refractivity (Wildman–Crippen MR) is 112 cm³/mol. The summed E-state index contributed by atoms with van der Waals surface area (Å²) in [6.07, 6.45) is 0. The minimum Gasteiger partial charge on any atom is -0.454 e. The van der Waals surface area contributed by atoms with E-state index in [1.165, 1.54) is 19.1 Å². The van der Waals surface area contributed by atoms with Crippen molar-refractivity contribution in [2.24, 2.45) is 5.92 Å². The SMILES string of the molecule is CC(=O)c1ccc(NC(=O)COC(=O)[C@H](C(C)C)N2C(=O)c3ccccc3C2=O)cc1. The van der Waals surface area contributed by atoms with Crippen molar-refractivity contribution in [1.29, 1.82) is 0 Å². The van der Waals surface area contributed by atoms with Crippen LogP contribution in [-0.2, 0) is 14.3 Å². The van der Waals surface area contributed by atoms with Gasteiger partial charge < -0.3 is 10.1 Å². The Bertz CT molecular complexity index is 1020. The molecule has 0 spiro atoms. The van der Waals surface area contributed by atoms with E-state index in [0.29, 0.717) is 11.3 Å². The van der Waals surface area contributed by atoms with E-state index in [2.05, 4.69) is 5.32 Å². The lowest BCUT2D eigenvalue weighted by Gasteiger charge is -2.27. The Labute approximate surface area is 179 Å². The standard InChI is InChI=1S/C23H22N2O6/c1-13(2)20(25-21(28)17-6-4-5-7-18(17)22(25)29)23(30)31-12-19(27)24-16-10-8-15(9-11-16)14(3)26/h4-11,13,20H,12H2,1-3H3,(H,24,27)/t20-/m0/s1. The molecule has 3 amide bonds. The van der Waals surface area contributed by atoms with Gasteiger partial charge in [-0.25, -0.2) is 4.79 Å². The monoisotopic (exact) mass is 422 g/mol. The summed E-state index contributed by atoms with van der Waals surface area (Å²) in [7, 11) is 0. The second-order valence-corrected chi connectivity index (χ2v) is 7.50. The van der Waals surface area contributed by atoms with E-state index in [-0.39, 0.29) is 16.9 Å². The van der Waals surface area contributed by atoms with Gasteiger partial charge in [0.05, 0.1) is 11.1 Å². The highest BCUT2D eigenvalue weighted by molar-refractivity contribution is 6.22. The Morgan fingerprint density at radius 2 is 1.48 bits per heavy atom. The van der Waals surface area contributed by atoms with Crippen molar-refractivity contribution in [3.05, 3.63) is 65.2 Å². The molecule has 1 N–H and O–H groups in total. The number of esters is 1. The number of nitrogens with zero attached hydrogens (tertiary/aromatic N) is 1. The van der Waals surface area contributed by atoms with E-state index >= 15 is 0 Å². The van der Waals surface area contributed by atoms with Gasteiger partial charge in [-0.1, -0.05) is 26.0 Å². The van der Waals surface area contributed by atoms with Crippen LogP contribution >= 0.6 is 0 Å². The zero-order valence-corrected chi connectivity index (χ0v) is 17.4. The molecule has 0 aliphatic carbocycles. The molecule has 1 aliphatic heterocycles. The van der Waals surface area contributed by atoms with Crippen molar-refractivity contribution in [3.8, 4) is 0 Å². The number of rotatable bonds is 7. The number of carbonyl (C=O) groups is 5. The highest BCUT2D eigenvalue weighted by Gasteiger charge is 2.44. The van der Waals surface area contributed by atoms with Gasteiger partial charge >= 0.3 is 5.97 Å². The summed E-state index contributed by atoms with van der Waals surface area (Å²) in [6.45, 7) is 4.23. The van der Waals surface area contributed by atoms with Crippen LogP contribution in [0.1, 0.15) is 51.8 Å². The average Bonchev–Trinajstić information content (AvgIpc) is 2.98. The molecule has 3 rings (SSSR count). The molecule has 8 nitrogen and oxygen atoms in total. The van der Waals surface area contributed by atoms with E-state index in [1.54, 1.807) is 50.2 Å². The van der Waals surface area contributed by atoms with E-state index in [0.717, 1.165) is 4.90 Å². The highest BCUT2D eigenvalue weighted by atomic mass is 16.5. The van der Waals surface area contributed by atoms with Crippen molar-refractivity contribution < 1.29 is 28.7 Å². The summed E-state index contributed by atoms with van der Waals surface area (Å²) in [5.74, 6) is -3.07. The van der Waals surface area contributed by atoms with Crippen molar-refractivity contribution in [1.82, 2.24) is 4.90 Å². The molecule has 0 unspecified atom stereocenters. The van der Waals surface area contributed by atoms with Crippen molar-refractivity contribution in [3.63, 3.8) is 0 Å². The Morgan fingerprint density at radius 1 is 0.935 bits per heavy atom. The van der Waals surface area contributed by atoms with Crippen LogP contribution in [0.5, 0.6) is 0 Å². The van der Waals surface area contributed by atoms with Crippen LogP contribution in [0.15, 0.2) is 48.5 Å². The molecule has 1 heterocycles. The molecule has 1 aliphatic rings. The van der Waals surface area contributed by atoms with Gasteiger partial charge in [0.2, 0.25) is 0 Å². The minimum absolute atomic E-state index is 0.0975. The number of fused-ring (bicyclic) bond motifs is 1. The molecule has 1 atom stereocenters. The van der Waals surface area contributed by atoms with E-state index < -0.39 is 42.3 Å². The number of anilines is 1. The highest BCUT2D eigenvalue weighted by Crippen LogP contribution is 2.27. The Morgan fingerprint density at radius 3 is 1.97 bits per heavy atom. The van der Waals surface area contributed by atoms with Crippen molar-refractivity contribution in [2.75, 3.05) is 11.9 Å². The molecular formula is C23H22N2O6. The number of ketones is 1. The third kappa shape index (κ3) is 4.53. The molecule has 2 aromatic carbocycles. The maximum Gasteiger partial charge on any atom is 0.330 e. The van der Waals surface area contributed by atoms with Gasteiger partial charge in [0.25, 0.3) is 17.7 Å². The summed E-state index contributed by atoms with van der Waals surface area (Å²) >= 11 is 0. The molecule has 0 aromatic heterocycles. The van der Waals surface area contributed by atoms with Crippen molar-refractivity contribution in [2.45, 2.75) is 26.8 Å². The summed E-state index contributed by atoms with van der Waals surface area (Å²) in [5.41, 5.74) is 1.41. The molecule has 0 saturated heterocycles. The first-order valence-electron chi connectivity index (χ1n) is 9.75. The first-order valence-corrected chi connectivity index (χ1v) is 9.75. The normalized spacial score (nSPS) is 13.7. The first kappa shape index (κ1) is 21.9. The van der Waals surface area contributed by atoms with E-state index in [9.17, 15) is 24.0 Å². The smallest absolute Gasteiger partial charge is 0.330 e. The number of benzene rings is 2. The van der Waals surface area contributed by atoms with Crippen LogP contribution in [0.2, 0.25) is 0 Å². The summed E-state index contributed by atoms with van der Waals surface area (Å²) < 4.78 is 5.12. The Kier molecular flexibility index (Phi) is 6.29. The van der Waals surface area contributed by atoms with E-state index in [1.807, 2.05) is 0 Å². The quantitative estimate of drug-likeness (QED) is 0.417. The number of imide groups is 1. The fourth-order valence-corrected chi connectivity index (χ4v) is 3.34. The lowest BCUT2D eigenvalue weighted by Crippen LogP contribution is -2.49. The largest absolute Gasteiger partial charge is 0.454 e. The van der Waals surface area contributed by atoms with Crippen LogP contribution in [0, 0.1) is 5.92 Å². The fraction of sp³-hybridized carbons (Fsp3) is 0.261. The maximum absolute atomic E-state index is 12.7. The number of Topliss-reactive ketones (excluding diaryl/α,β-unsaturated/α-hetero) is 1. The molecule has 8 heteroatoms. The first-order chi connectivity index (χ1) is 14.7. The minimum atomic E-state index is -1.16. The molecule has 0 saturated carbocycles. The summed E-state index contributed by atoms with van der Waals surface area (Å²) in [4.78, 5) is 62.5. The number of hydrogen-bond acceptors (Lipinski definition) is 6. The van der Waals surface area contributed by atoms with Crippen LogP contribution in [0.3, 0.4) is 0 Å². The zero-order valence-electron chi connectivity index (χ0n) is 17.4. The number of nitrogens with one attached hydrogen (secondary N) is 1. The number of hydrogen-bond donors (Lipinski definition) is 1. The number of amides is 3. The molecule has 31 heavy (non-hydrogen) atoms. The van der Waals surface area contributed by atoms with Crippen LogP contribution in [0.4, 0.5) is 5.69 Å². The molecular weight excluding hydrogens is 400 g/mol. The van der Waals surface area contributed by atoms with Gasteiger partial charge in [0, 0.05) is 11.3 Å². The second kappa shape index (κ2) is 8.91. The average molecular weight is 422 g/mol. The molecule has 0 bridgehead atoms. The van der Waals surface area contributed by atoms with Crippen LogP contribution in [-0.4, -0.2) is 47.0 Å². The van der Waals surface area contributed by atoms with Crippen LogP contribution in [0.25, 0.3) is 0 Å². The third-order valence-electron chi connectivity index (χ3n) is 4.90. The lowest BCUT2D eigenvalue weighted by atomic mass is 10.0. The number of ether oxygens (including phenoxy) is 1. The fourth-order valence-electron chi connectivity index (χ4n) is 3.34. The maximum atomic E-state index is 12.7. The molecule has 0 fully saturated rings. The van der Waals surface area contributed by atoms with Gasteiger partial charge in [-0.15, -0.1) is 0 Å². The van der Waals surface area contributed by atoms with Gasteiger partial charge in [0.15, 0.2) is 12.4 Å². The lowest BCUT2D eigenvalue weighted by molar-refractivity contribution is -0.152. The predicted octanol–water partition coefficient (Wildman–Crippen LogP) is 2.69. The van der Waals surface area contributed by atoms with Gasteiger partial charge in [-0.3, -0.25) is 24.1 Å². The van der Waals surface area contributed by atoms with Gasteiger partial charge in [0.1, 0.15) is 6.04 Å². The van der Waals surface area contributed by atoms with Gasteiger partial charge in [-0.05, 0) is 49.2 Å². The third-order valence-corrected chi connectivity index (χ3v) is 4.90. The van der Waals surface area contributed by atoms with E-state index in [4.69, 9.17) is 4.74 Å². The molecule has 0 radical (unpaired) electrons. The summed E-state index contributed by atoms with van der Waals surface area (Å²) in [5, 5.41) is 2.56. The Balaban J connectivity index is 1.65. The van der Waals surface area contributed by atoms with Gasteiger partial charge in [-0.2, -0.15) is 0 Å². The second-order valence-electron chi connectivity index (χ2n) is 7.50. The van der Waals surface area contributed by atoms with Crippen LogP contribution < -0.4 is 5.32 Å². The number of carbonyl (C=O) groups excluding carboxylic acids is 5. The zero-order chi connectivity index (χ0) is 22.7.